The van der Waals surface area contributed by atoms with E-state index in [2.05, 4.69) is 28.9 Å². The van der Waals surface area contributed by atoms with Crippen LogP contribution in [-0.2, 0) is 0 Å². The Morgan fingerprint density at radius 1 is 1.38 bits per heavy atom. The van der Waals surface area contributed by atoms with Gasteiger partial charge in [-0.1, -0.05) is 25.8 Å². The van der Waals surface area contributed by atoms with Crippen LogP contribution in [0, 0.1) is 0 Å². The molecule has 0 fully saturated rings. The molecule has 1 atom stereocenters. The summed E-state index contributed by atoms with van der Waals surface area (Å²) in [5.74, 6) is 0.880. The molecule has 0 aliphatic rings. The summed E-state index contributed by atoms with van der Waals surface area (Å²) in [6.45, 7) is 4.84. The van der Waals surface area contributed by atoms with Crippen LogP contribution < -0.4 is 4.74 Å². The Balaban J connectivity index is 2.71. The van der Waals surface area contributed by atoms with Crippen LogP contribution in [0.3, 0.4) is 0 Å². The van der Waals surface area contributed by atoms with E-state index in [1.54, 1.807) is 0 Å². The molecule has 0 saturated heterocycles. The standard InChI is InChI=1S/C13H18BrClO/c1-3-5-6-12(15)10-7-8-13(16-4-2)11(14)9-10/h7-9,12H,3-6H2,1-2H3. The largest absolute Gasteiger partial charge is 0.493 e. The molecule has 1 nitrogen and oxygen atoms in total. The van der Waals surface area contributed by atoms with Gasteiger partial charge in [0.25, 0.3) is 0 Å². The number of ether oxygens (including phenoxy) is 1. The lowest BCUT2D eigenvalue weighted by atomic mass is 10.1. The first-order valence-electron chi connectivity index (χ1n) is 5.75. The fraction of sp³-hybridized carbons (Fsp3) is 0.538. The van der Waals surface area contributed by atoms with E-state index in [4.69, 9.17) is 16.3 Å². The van der Waals surface area contributed by atoms with Crippen LogP contribution in [0.5, 0.6) is 5.75 Å². The Morgan fingerprint density at radius 3 is 2.69 bits per heavy atom. The maximum absolute atomic E-state index is 6.32. The van der Waals surface area contributed by atoms with Gasteiger partial charge < -0.3 is 4.74 Å². The number of hydrogen-bond donors (Lipinski definition) is 0. The molecule has 0 saturated carbocycles. The topological polar surface area (TPSA) is 9.23 Å². The van der Waals surface area contributed by atoms with Crippen molar-refractivity contribution in [3.63, 3.8) is 0 Å². The molecule has 0 amide bonds. The third-order valence-corrected chi connectivity index (χ3v) is 3.52. The highest BCUT2D eigenvalue weighted by molar-refractivity contribution is 9.10. The Labute approximate surface area is 111 Å². The van der Waals surface area contributed by atoms with Gasteiger partial charge in [0.2, 0.25) is 0 Å². The normalized spacial score (nSPS) is 12.5. The van der Waals surface area contributed by atoms with Gasteiger partial charge in [0.1, 0.15) is 5.75 Å². The average Bonchev–Trinajstić information content (AvgIpc) is 2.29. The Kier molecular flexibility index (Phi) is 6.22. The molecule has 0 radical (unpaired) electrons. The minimum Gasteiger partial charge on any atom is -0.493 e. The van der Waals surface area contributed by atoms with Crippen molar-refractivity contribution in [1.82, 2.24) is 0 Å². The second-order valence-electron chi connectivity index (χ2n) is 3.73. The zero-order valence-electron chi connectivity index (χ0n) is 9.80. The lowest BCUT2D eigenvalue weighted by molar-refractivity contribution is 0.338. The van der Waals surface area contributed by atoms with E-state index in [9.17, 15) is 0 Å². The molecular weight excluding hydrogens is 287 g/mol. The molecule has 0 aliphatic carbocycles. The summed E-state index contributed by atoms with van der Waals surface area (Å²) in [4.78, 5) is 0. The molecule has 0 spiro atoms. The van der Waals surface area contributed by atoms with Gasteiger partial charge in [0, 0.05) is 0 Å². The molecular formula is C13H18BrClO. The lowest BCUT2D eigenvalue weighted by Crippen LogP contribution is -1.95. The van der Waals surface area contributed by atoms with Crippen LogP contribution >= 0.6 is 27.5 Å². The number of rotatable bonds is 6. The second-order valence-corrected chi connectivity index (χ2v) is 5.11. The van der Waals surface area contributed by atoms with Gasteiger partial charge in [-0.05, 0) is 47.0 Å². The van der Waals surface area contributed by atoms with Gasteiger partial charge >= 0.3 is 0 Å². The van der Waals surface area contributed by atoms with Gasteiger partial charge in [0.05, 0.1) is 16.5 Å². The van der Waals surface area contributed by atoms with Gasteiger partial charge in [-0.25, -0.2) is 0 Å². The fourth-order valence-corrected chi connectivity index (χ4v) is 2.34. The molecule has 90 valence electrons. The maximum Gasteiger partial charge on any atom is 0.133 e. The third-order valence-electron chi connectivity index (χ3n) is 2.43. The van der Waals surface area contributed by atoms with Crippen LogP contribution in [0.15, 0.2) is 22.7 Å². The lowest BCUT2D eigenvalue weighted by Gasteiger charge is -2.12. The highest BCUT2D eigenvalue weighted by Gasteiger charge is 2.09. The molecule has 16 heavy (non-hydrogen) atoms. The number of unbranched alkanes of at least 4 members (excludes halogenated alkanes) is 1. The number of benzene rings is 1. The van der Waals surface area contributed by atoms with Crippen LogP contribution in [0.25, 0.3) is 0 Å². The van der Waals surface area contributed by atoms with Gasteiger partial charge in [0.15, 0.2) is 0 Å². The SMILES string of the molecule is CCCCC(Cl)c1ccc(OCC)c(Br)c1. The van der Waals surface area contributed by atoms with E-state index in [1.165, 1.54) is 12.8 Å². The maximum atomic E-state index is 6.32. The van der Waals surface area contributed by atoms with Gasteiger partial charge in [-0.15, -0.1) is 11.6 Å². The van der Waals surface area contributed by atoms with Crippen LogP contribution in [-0.4, -0.2) is 6.61 Å². The summed E-state index contributed by atoms with van der Waals surface area (Å²) < 4.78 is 6.44. The second kappa shape index (κ2) is 7.18. The molecule has 0 heterocycles. The zero-order valence-corrected chi connectivity index (χ0v) is 12.1. The molecule has 0 N–H and O–H groups in total. The Bertz CT molecular complexity index is 328. The first kappa shape index (κ1) is 13.9. The predicted molar refractivity (Wildman–Crippen MR) is 73.4 cm³/mol. The first-order chi connectivity index (χ1) is 7.69. The van der Waals surface area contributed by atoms with E-state index in [0.29, 0.717) is 6.61 Å². The smallest absolute Gasteiger partial charge is 0.133 e. The highest BCUT2D eigenvalue weighted by atomic mass is 79.9. The van der Waals surface area contributed by atoms with E-state index in [1.807, 2.05) is 19.1 Å². The minimum absolute atomic E-state index is 0.104. The van der Waals surface area contributed by atoms with Crippen molar-refractivity contribution in [2.24, 2.45) is 0 Å². The fourth-order valence-electron chi connectivity index (χ4n) is 1.53. The molecule has 1 aromatic rings. The van der Waals surface area contributed by atoms with Crippen LogP contribution in [0.1, 0.15) is 44.1 Å². The summed E-state index contributed by atoms with van der Waals surface area (Å²) in [6.07, 6.45) is 3.37. The average molecular weight is 306 g/mol. The van der Waals surface area contributed by atoms with Crippen molar-refractivity contribution in [3.05, 3.63) is 28.2 Å². The van der Waals surface area contributed by atoms with Crippen LogP contribution in [0.4, 0.5) is 0 Å². The third kappa shape index (κ3) is 3.99. The molecule has 0 aromatic heterocycles. The first-order valence-corrected chi connectivity index (χ1v) is 6.98. The summed E-state index contributed by atoms with van der Waals surface area (Å²) in [6, 6.07) is 6.08. The summed E-state index contributed by atoms with van der Waals surface area (Å²) in [5, 5.41) is 0.104. The molecule has 3 heteroatoms. The van der Waals surface area contributed by atoms with Crippen molar-refractivity contribution in [3.8, 4) is 5.75 Å². The molecule has 0 aliphatic heterocycles. The zero-order chi connectivity index (χ0) is 12.0. The molecule has 1 rings (SSSR count). The molecule has 1 aromatic carbocycles. The quantitative estimate of drug-likeness (QED) is 0.646. The summed E-state index contributed by atoms with van der Waals surface area (Å²) >= 11 is 9.83. The minimum atomic E-state index is 0.104. The van der Waals surface area contributed by atoms with Gasteiger partial charge in [-0.3, -0.25) is 0 Å². The number of alkyl halides is 1. The van der Waals surface area contributed by atoms with E-state index in [-0.39, 0.29) is 5.38 Å². The van der Waals surface area contributed by atoms with Crippen molar-refractivity contribution in [2.75, 3.05) is 6.61 Å². The molecule has 0 bridgehead atoms. The van der Waals surface area contributed by atoms with Crippen LogP contribution in [0.2, 0.25) is 0 Å². The Hall–Kier alpha value is -0.210. The summed E-state index contributed by atoms with van der Waals surface area (Å²) in [5.41, 5.74) is 1.16. The monoisotopic (exact) mass is 304 g/mol. The van der Waals surface area contributed by atoms with Crippen molar-refractivity contribution >= 4 is 27.5 Å². The van der Waals surface area contributed by atoms with E-state index >= 15 is 0 Å². The van der Waals surface area contributed by atoms with Crippen molar-refractivity contribution in [1.29, 1.82) is 0 Å². The summed E-state index contributed by atoms with van der Waals surface area (Å²) in [7, 11) is 0. The van der Waals surface area contributed by atoms with Gasteiger partial charge in [-0.2, -0.15) is 0 Å². The van der Waals surface area contributed by atoms with E-state index < -0.39 is 0 Å². The number of halogens is 2. The Morgan fingerprint density at radius 2 is 2.12 bits per heavy atom. The highest BCUT2D eigenvalue weighted by Crippen LogP contribution is 2.32. The van der Waals surface area contributed by atoms with E-state index in [0.717, 1.165) is 22.2 Å². The predicted octanol–water partition coefficient (Wildman–Crippen LogP) is 5.32. The van der Waals surface area contributed by atoms with Crippen molar-refractivity contribution in [2.45, 2.75) is 38.5 Å². The van der Waals surface area contributed by atoms with Crippen molar-refractivity contribution < 1.29 is 4.74 Å². The molecule has 1 unspecified atom stereocenters. The number of hydrogen-bond acceptors (Lipinski definition) is 1.